The number of carboxylic acids is 1. The van der Waals surface area contributed by atoms with Gasteiger partial charge in [-0.15, -0.1) is 0 Å². The molecule has 1 aliphatic heterocycles. The fourth-order valence-electron chi connectivity index (χ4n) is 4.39. The molecule has 2 aliphatic rings. The van der Waals surface area contributed by atoms with Gasteiger partial charge in [-0.05, 0) is 34.4 Å². The van der Waals surface area contributed by atoms with Crippen molar-refractivity contribution in [3.8, 4) is 11.1 Å². The first-order valence-corrected chi connectivity index (χ1v) is 10.7. The number of fused-ring (bicyclic) bond motifs is 3. The molecule has 2 aromatic carbocycles. The largest absolute Gasteiger partial charge is 0.479 e. The van der Waals surface area contributed by atoms with Crippen molar-refractivity contribution in [2.24, 2.45) is 0 Å². The lowest BCUT2D eigenvalue weighted by Gasteiger charge is -2.42. The number of benzene rings is 2. The first kappa shape index (κ1) is 21.6. The van der Waals surface area contributed by atoms with Crippen LogP contribution in [0.2, 0.25) is 0 Å². The maximum absolute atomic E-state index is 12.5. The van der Waals surface area contributed by atoms with Crippen LogP contribution < -0.4 is 5.32 Å². The fourth-order valence-corrected chi connectivity index (χ4v) is 4.39. The molecule has 0 radical (unpaired) electrons. The highest BCUT2D eigenvalue weighted by Gasteiger charge is 2.50. The number of aliphatic hydroxyl groups is 1. The Hall–Kier alpha value is -4.24. The lowest BCUT2D eigenvalue weighted by molar-refractivity contribution is -0.173. The third-order valence-electron chi connectivity index (χ3n) is 6.13. The Kier molecular flexibility index (Phi) is 5.25. The molecule has 1 aliphatic carbocycles. The molecular formula is C25H21N3O6. The van der Waals surface area contributed by atoms with E-state index in [1.165, 1.54) is 17.0 Å². The molecule has 0 saturated carbocycles. The Morgan fingerprint density at radius 1 is 0.971 bits per heavy atom. The number of pyridine rings is 1. The zero-order valence-electron chi connectivity index (χ0n) is 18.0. The lowest BCUT2D eigenvalue weighted by Crippen LogP contribution is -2.67. The van der Waals surface area contributed by atoms with Gasteiger partial charge in [-0.1, -0.05) is 54.6 Å². The number of rotatable bonds is 5. The third kappa shape index (κ3) is 3.75. The number of aromatic nitrogens is 1. The summed E-state index contributed by atoms with van der Waals surface area (Å²) in [7, 11) is 0. The summed E-state index contributed by atoms with van der Waals surface area (Å²) in [5.74, 6) is -1.88. The summed E-state index contributed by atoms with van der Waals surface area (Å²) in [6.07, 6.45) is -0.705. The molecular weight excluding hydrogens is 438 g/mol. The van der Waals surface area contributed by atoms with Crippen molar-refractivity contribution in [3.63, 3.8) is 0 Å². The molecule has 34 heavy (non-hydrogen) atoms. The molecule has 0 spiro atoms. The number of ether oxygens (including phenoxy) is 1. The van der Waals surface area contributed by atoms with E-state index < -0.39 is 23.6 Å². The zero-order chi connectivity index (χ0) is 23.9. The molecule has 3 N–H and O–H groups in total. The lowest BCUT2D eigenvalue weighted by atomic mass is 9.94. The molecule has 2 amide bonds. The van der Waals surface area contributed by atoms with Crippen LogP contribution >= 0.6 is 0 Å². The third-order valence-corrected chi connectivity index (χ3v) is 6.13. The molecule has 5 rings (SSSR count). The molecule has 0 bridgehead atoms. The van der Waals surface area contributed by atoms with Crippen LogP contribution in [-0.2, 0) is 9.53 Å². The number of hydrogen-bond donors (Lipinski definition) is 3. The number of anilines is 1. The molecule has 172 valence electrons. The number of amides is 2. The van der Waals surface area contributed by atoms with Gasteiger partial charge in [0.05, 0.1) is 13.1 Å². The number of carbonyl (C=O) groups excluding carboxylic acids is 2. The average Bonchev–Trinajstić information content (AvgIpc) is 3.14. The van der Waals surface area contributed by atoms with E-state index in [0.29, 0.717) is 0 Å². The maximum atomic E-state index is 12.5. The van der Waals surface area contributed by atoms with Crippen molar-refractivity contribution in [1.82, 2.24) is 9.88 Å². The Morgan fingerprint density at radius 3 is 2.21 bits per heavy atom. The standard InChI is InChI=1S/C25H21N3O6/c29-22(28-13-25(33,14-28)23(30)31)20-10-5-11-21(26-20)27-24(32)34-12-19-17-8-3-1-6-15(17)16-7-2-4-9-18(16)19/h1-11,19,33H,12-14H2,(H,30,31)(H,26,27,32). The van der Waals surface area contributed by atoms with E-state index in [9.17, 15) is 19.5 Å². The number of nitrogens with one attached hydrogen (secondary N) is 1. The van der Waals surface area contributed by atoms with Crippen LogP contribution in [0, 0.1) is 0 Å². The Morgan fingerprint density at radius 2 is 1.59 bits per heavy atom. The second-order valence-electron chi connectivity index (χ2n) is 8.36. The first-order valence-electron chi connectivity index (χ1n) is 10.7. The van der Waals surface area contributed by atoms with Gasteiger partial charge in [0.25, 0.3) is 5.91 Å². The highest BCUT2D eigenvalue weighted by molar-refractivity contribution is 5.96. The minimum Gasteiger partial charge on any atom is -0.479 e. The summed E-state index contributed by atoms with van der Waals surface area (Å²) >= 11 is 0. The second kappa shape index (κ2) is 8.27. The topological polar surface area (TPSA) is 129 Å². The summed E-state index contributed by atoms with van der Waals surface area (Å²) < 4.78 is 5.49. The second-order valence-corrected chi connectivity index (χ2v) is 8.36. The van der Waals surface area contributed by atoms with Gasteiger partial charge in [-0.25, -0.2) is 14.6 Å². The first-order chi connectivity index (χ1) is 16.4. The van der Waals surface area contributed by atoms with Gasteiger partial charge in [0, 0.05) is 5.92 Å². The van der Waals surface area contributed by atoms with Crippen LogP contribution in [0.3, 0.4) is 0 Å². The smallest absolute Gasteiger partial charge is 0.412 e. The van der Waals surface area contributed by atoms with Crippen molar-refractivity contribution in [3.05, 3.63) is 83.6 Å². The van der Waals surface area contributed by atoms with Crippen LogP contribution in [0.4, 0.5) is 10.6 Å². The van der Waals surface area contributed by atoms with Gasteiger partial charge in [0.2, 0.25) is 0 Å². The molecule has 0 atom stereocenters. The highest BCUT2D eigenvalue weighted by Crippen LogP contribution is 2.44. The van der Waals surface area contributed by atoms with Gasteiger partial charge in [0.15, 0.2) is 5.60 Å². The van der Waals surface area contributed by atoms with Crippen LogP contribution in [0.5, 0.6) is 0 Å². The molecule has 9 nitrogen and oxygen atoms in total. The maximum Gasteiger partial charge on any atom is 0.412 e. The summed E-state index contributed by atoms with van der Waals surface area (Å²) in [5, 5.41) is 21.3. The molecule has 0 unspecified atom stereocenters. The number of likely N-dealkylation sites (tertiary alicyclic amines) is 1. The number of hydrogen-bond acceptors (Lipinski definition) is 6. The predicted molar refractivity (Wildman–Crippen MR) is 121 cm³/mol. The molecule has 2 heterocycles. The van der Waals surface area contributed by atoms with Crippen LogP contribution in [0.25, 0.3) is 11.1 Å². The van der Waals surface area contributed by atoms with E-state index in [1.54, 1.807) is 6.07 Å². The summed E-state index contributed by atoms with van der Waals surface area (Å²) in [5.41, 5.74) is 2.52. The minimum atomic E-state index is -1.94. The number of aliphatic carboxylic acids is 1. The SMILES string of the molecule is O=C(Nc1cccc(C(=O)N2CC(O)(C(=O)O)C2)n1)OCC1c2ccccc2-c2ccccc21. The molecule has 1 aromatic heterocycles. The van der Waals surface area contributed by atoms with Crippen LogP contribution in [-0.4, -0.2) is 63.4 Å². The summed E-state index contributed by atoms with van der Waals surface area (Å²) in [6.45, 7) is -0.514. The van der Waals surface area contributed by atoms with Gasteiger partial charge >= 0.3 is 12.1 Å². The van der Waals surface area contributed by atoms with Gasteiger partial charge in [-0.2, -0.15) is 0 Å². The zero-order valence-corrected chi connectivity index (χ0v) is 18.0. The predicted octanol–water partition coefficient (Wildman–Crippen LogP) is 2.71. The van der Waals surface area contributed by atoms with E-state index >= 15 is 0 Å². The van der Waals surface area contributed by atoms with Crippen molar-refractivity contribution in [1.29, 1.82) is 0 Å². The number of carboxylic acid groups (broad SMARTS) is 1. The van der Waals surface area contributed by atoms with Crippen molar-refractivity contribution in [2.45, 2.75) is 11.5 Å². The number of carbonyl (C=O) groups is 3. The van der Waals surface area contributed by atoms with Crippen molar-refractivity contribution < 1.29 is 29.3 Å². The van der Waals surface area contributed by atoms with Crippen LogP contribution in [0.15, 0.2) is 66.7 Å². The Balaban J connectivity index is 1.23. The average molecular weight is 459 g/mol. The molecule has 3 aromatic rings. The van der Waals surface area contributed by atoms with E-state index in [1.807, 2.05) is 36.4 Å². The van der Waals surface area contributed by atoms with E-state index in [4.69, 9.17) is 9.84 Å². The Bertz CT molecular complexity index is 1260. The Labute approximate surface area is 194 Å². The molecule has 1 fully saturated rings. The van der Waals surface area contributed by atoms with Gasteiger partial charge < -0.3 is 19.8 Å². The van der Waals surface area contributed by atoms with E-state index in [2.05, 4.69) is 22.4 Å². The molecule has 9 heteroatoms. The monoisotopic (exact) mass is 459 g/mol. The normalized spacial score (nSPS) is 15.6. The van der Waals surface area contributed by atoms with E-state index in [0.717, 1.165) is 22.3 Å². The summed E-state index contributed by atoms with van der Waals surface area (Å²) in [6, 6.07) is 20.5. The van der Waals surface area contributed by atoms with Crippen LogP contribution in [0.1, 0.15) is 27.5 Å². The minimum absolute atomic E-state index is 0.0175. The van der Waals surface area contributed by atoms with Gasteiger partial charge in [-0.3, -0.25) is 10.1 Å². The van der Waals surface area contributed by atoms with Gasteiger partial charge in [0.1, 0.15) is 18.1 Å². The fraction of sp³-hybridized carbons (Fsp3) is 0.200. The van der Waals surface area contributed by atoms with Crippen molar-refractivity contribution >= 4 is 23.8 Å². The number of β-amino-alcohol motifs (C(OH)–C–C–N with tert-alkyl or cyclic N) is 1. The highest BCUT2D eigenvalue weighted by atomic mass is 16.5. The van der Waals surface area contributed by atoms with Crippen molar-refractivity contribution in [2.75, 3.05) is 25.0 Å². The van der Waals surface area contributed by atoms with E-state index in [-0.39, 0.29) is 37.1 Å². The summed E-state index contributed by atoms with van der Waals surface area (Å²) in [4.78, 5) is 41.3. The molecule has 1 saturated heterocycles. The quantitative estimate of drug-likeness (QED) is 0.535. The number of nitrogens with zero attached hydrogens (tertiary/aromatic N) is 2.